The number of hydrogen-bond donors (Lipinski definition) is 1. The number of aryl methyl sites for hydroxylation is 1. The Morgan fingerprint density at radius 2 is 1.84 bits per heavy atom. The molecule has 10 heteroatoms. The summed E-state index contributed by atoms with van der Waals surface area (Å²) in [5.41, 5.74) is -0.0929. The number of nitrogens with zero attached hydrogens (tertiary/aromatic N) is 5. The molecule has 5 rings (SSSR count). The van der Waals surface area contributed by atoms with E-state index in [0.717, 1.165) is 64.6 Å². The van der Waals surface area contributed by atoms with E-state index in [0.29, 0.717) is 23.3 Å². The monoisotopic (exact) mass is 450 g/mol. The molecule has 1 N–H and O–H groups in total. The van der Waals surface area contributed by atoms with E-state index >= 15 is 0 Å². The molecule has 2 saturated heterocycles. The molecule has 0 radical (unpaired) electrons. The fourth-order valence-electron chi connectivity index (χ4n) is 5.56. The quantitative estimate of drug-likeness (QED) is 0.753. The van der Waals surface area contributed by atoms with E-state index in [1.807, 2.05) is 0 Å². The van der Waals surface area contributed by atoms with Crippen molar-refractivity contribution >= 4 is 5.82 Å². The summed E-state index contributed by atoms with van der Waals surface area (Å²) in [7, 11) is 1.71. The van der Waals surface area contributed by atoms with Crippen LogP contribution in [-0.4, -0.2) is 63.8 Å². The van der Waals surface area contributed by atoms with Gasteiger partial charge in [-0.15, -0.1) is 10.2 Å². The van der Waals surface area contributed by atoms with Crippen LogP contribution in [0.25, 0.3) is 11.3 Å². The Hall–Kier alpha value is -2.20. The molecule has 1 aliphatic carbocycles. The maximum Gasteiger partial charge on any atom is 0.420 e. The van der Waals surface area contributed by atoms with Gasteiger partial charge in [0, 0.05) is 57.7 Å². The molecule has 4 heterocycles. The van der Waals surface area contributed by atoms with E-state index in [2.05, 4.69) is 25.5 Å². The zero-order chi connectivity index (χ0) is 22.3. The van der Waals surface area contributed by atoms with E-state index in [4.69, 9.17) is 4.74 Å². The Kier molecular flexibility index (Phi) is 5.83. The van der Waals surface area contributed by atoms with Gasteiger partial charge in [0.1, 0.15) is 5.56 Å². The summed E-state index contributed by atoms with van der Waals surface area (Å²) in [5.74, 6) is 1.60. The predicted molar refractivity (Wildman–Crippen MR) is 113 cm³/mol. The zero-order valence-corrected chi connectivity index (χ0v) is 18.2. The van der Waals surface area contributed by atoms with Crippen molar-refractivity contribution in [2.45, 2.75) is 37.9 Å². The Morgan fingerprint density at radius 3 is 2.47 bits per heavy atom. The maximum atomic E-state index is 13.8. The number of ether oxygens (including phenoxy) is 1. The molecule has 174 valence electrons. The molecule has 1 saturated carbocycles. The van der Waals surface area contributed by atoms with Gasteiger partial charge in [0.25, 0.3) is 0 Å². The summed E-state index contributed by atoms with van der Waals surface area (Å²) in [6.07, 6.45) is 2.61. The fraction of sp³-hybridized carbons (Fsp3) is 0.682. The number of likely N-dealkylation sites (tertiary alicyclic amines) is 1. The molecule has 0 spiro atoms. The minimum absolute atomic E-state index is 0.00475. The number of fused-ring (bicyclic) bond motifs is 1. The van der Waals surface area contributed by atoms with Crippen LogP contribution in [0.4, 0.5) is 19.0 Å². The van der Waals surface area contributed by atoms with Crippen molar-refractivity contribution in [2.24, 2.45) is 24.8 Å². The van der Waals surface area contributed by atoms with Gasteiger partial charge in [0.15, 0.2) is 5.82 Å². The summed E-state index contributed by atoms with van der Waals surface area (Å²) in [6, 6.07) is 1.06. The molecule has 0 bridgehead atoms. The first kappa shape index (κ1) is 21.6. The van der Waals surface area contributed by atoms with Gasteiger partial charge in [-0.05, 0) is 49.5 Å². The first-order chi connectivity index (χ1) is 15.3. The van der Waals surface area contributed by atoms with Crippen molar-refractivity contribution in [1.29, 1.82) is 0 Å². The Bertz CT molecular complexity index is 928. The van der Waals surface area contributed by atoms with Crippen LogP contribution in [0.15, 0.2) is 18.5 Å². The molecule has 2 aromatic heterocycles. The number of nitrogens with one attached hydrogen (secondary N) is 1. The third kappa shape index (κ3) is 4.61. The minimum Gasteiger partial charge on any atom is -0.381 e. The summed E-state index contributed by atoms with van der Waals surface area (Å²) in [5, 5.41) is 15.1. The second kappa shape index (κ2) is 8.62. The number of rotatable bonds is 5. The van der Waals surface area contributed by atoms with Gasteiger partial charge in [0.05, 0.1) is 11.9 Å². The predicted octanol–water partition coefficient (Wildman–Crippen LogP) is 3.44. The Morgan fingerprint density at radius 1 is 1.12 bits per heavy atom. The zero-order valence-electron chi connectivity index (χ0n) is 18.2. The standard InChI is InChI=1S/C22H29F3N6O/c1-30-11-17(9-26-30)20-8-19(22(23,24)25)21(29-28-20)27-18-6-15-12-31(13-16(15)7-18)10-14-2-4-32-5-3-14/h8-9,11,14-16,18H,2-7,10,12-13H2,1H3,(H,27,29). The number of anilines is 1. The van der Waals surface area contributed by atoms with Crippen molar-refractivity contribution in [3.63, 3.8) is 0 Å². The van der Waals surface area contributed by atoms with Crippen LogP contribution in [0, 0.1) is 17.8 Å². The van der Waals surface area contributed by atoms with Gasteiger partial charge in [-0.3, -0.25) is 4.68 Å². The molecular weight excluding hydrogens is 421 g/mol. The van der Waals surface area contributed by atoms with Gasteiger partial charge >= 0.3 is 6.18 Å². The van der Waals surface area contributed by atoms with E-state index in [1.165, 1.54) is 10.9 Å². The third-order valence-electron chi connectivity index (χ3n) is 7.12. The smallest absolute Gasteiger partial charge is 0.381 e. The highest BCUT2D eigenvalue weighted by molar-refractivity contribution is 5.61. The van der Waals surface area contributed by atoms with Crippen molar-refractivity contribution < 1.29 is 17.9 Å². The first-order valence-electron chi connectivity index (χ1n) is 11.4. The SMILES string of the molecule is Cn1cc(-c2cc(C(F)(F)F)c(NC3CC4CN(CC5CCOCC5)CC4C3)nn2)cn1. The highest BCUT2D eigenvalue weighted by atomic mass is 19.4. The van der Waals surface area contributed by atoms with Crippen LogP contribution in [0.5, 0.6) is 0 Å². The highest BCUT2D eigenvalue weighted by Gasteiger charge is 2.42. The summed E-state index contributed by atoms with van der Waals surface area (Å²) in [6.45, 7) is 4.92. The normalized spacial score (nSPS) is 27.1. The van der Waals surface area contributed by atoms with Crippen molar-refractivity contribution in [1.82, 2.24) is 24.9 Å². The molecule has 32 heavy (non-hydrogen) atoms. The molecule has 7 nitrogen and oxygen atoms in total. The van der Waals surface area contributed by atoms with Crippen LogP contribution in [0.2, 0.25) is 0 Å². The van der Waals surface area contributed by atoms with E-state index in [-0.39, 0.29) is 17.6 Å². The van der Waals surface area contributed by atoms with E-state index < -0.39 is 11.7 Å². The summed E-state index contributed by atoms with van der Waals surface area (Å²) >= 11 is 0. The van der Waals surface area contributed by atoms with Crippen LogP contribution in [0.3, 0.4) is 0 Å². The molecule has 2 atom stereocenters. The van der Waals surface area contributed by atoms with Crippen molar-refractivity contribution in [2.75, 3.05) is 38.2 Å². The van der Waals surface area contributed by atoms with Gasteiger partial charge in [-0.25, -0.2) is 0 Å². The molecule has 2 aromatic rings. The van der Waals surface area contributed by atoms with Crippen LogP contribution >= 0.6 is 0 Å². The lowest BCUT2D eigenvalue weighted by atomic mass is 10.00. The maximum absolute atomic E-state index is 13.8. The largest absolute Gasteiger partial charge is 0.420 e. The number of alkyl halides is 3. The number of aromatic nitrogens is 4. The molecule has 2 unspecified atom stereocenters. The van der Waals surface area contributed by atoms with Gasteiger partial charge in [-0.1, -0.05) is 0 Å². The highest BCUT2D eigenvalue weighted by Crippen LogP contribution is 2.41. The second-order valence-electron chi connectivity index (χ2n) is 9.50. The average molecular weight is 451 g/mol. The number of hydrogen-bond acceptors (Lipinski definition) is 6. The number of halogens is 3. The molecular formula is C22H29F3N6O. The molecule has 0 aromatic carbocycles. The van der Waals surface area contributed by atoms with Crippen LogP contribution in [-0.2, 0) is 18.0 Å². The lowest BCUT2D eigenvalue weighted by Gasteiger charge is -2.28. The second-order valence-corrected chi connectivity index (χ2v) is 9.50. The summed E-state index contributed by atoms with van der Waals surface area (Å²) < 4.78 is 48.3. The topological polar surface area (TPSA) is 68.1 Å². The fourth-order valence-corrected chi connectivity index (χ4v) is 5.56. The Balaban J connectivity index is 1.23. The van der Waals surface area contributed by atoms with Gasteiger partial charge in [0.2, 0.25) is 0 Å². The van der Waals surface area contributed by atoms with Gasteiger partial charge < -0.3 is 15.0 Å². The van der Waals surface area contributed by atoms with Crippen LogP contribution < -0.4 is 5.32 Å². The van der Waals surface area contributed by atoms with E-state index in [1.54, 1.807) is 13.2 Å². The Labute approximate surface area is 185 Å². The van der Waals surface area contributed by atoms with Gasteiger partial charge in [-0.2, -0.15) is 18.3 Å². The lowest BCUT2D eigenvalue weighted by molar-refractivity contribution is -0.137. The van der Waals surface area contributed by atoms with Crippen LogP contribution in [0.1, 0.15) is 31.2 Å². The lowest BCUT2D eigenvalue weighted by Crippen LogP contribution is -2.32. The van der Waals surface area contributed by atoms with E-state index in [9.17, 15) is 13.2 Å². The first-order valence-corrected chi connectivity index (χ1v) is 11.4. The molecule has 3 aliphatic rings. The minimum atomic E-state index is -4.51. The molecule has 0 amide bonds. The van der Waals surface area contributed by atoms with Crippen molar-refractivity contribution in [3.8, 4) is 11.3 Å². The van der Waals surface area contributed by atoms with Crippen molar-refractivity contribution in [3.05, 3.63) is 24.0 Å². The molecule has 3 fully saturated rings. The molecule has 2 aliphatic heterocycles. The third-order valence-corrected chi connectivity index (χ3v) is 7.12. The summed E-state index contributed by atoms with van der Waals surface area (Å²) in [4.78, 5) is 2.55. The average Bonchev–Trinajstić information content (AvgIpc) is 3.43.